The number of rotatable bonds is 2. The van der Waals surface area contributed by atoms with E-state index in [0.29, 0.717) is 0 Å². The number of thiocarbonyl (C=S) groups is 1. The van der Waals surface area contributed by atoms with E-state index in [1.165, 1.54) is 77.3 Å². The number of hydrogen-bond acceptors (Lipinski definition) is 3. The fourth-order valence-electron chi connectivity index (χ4n) is 5.86. The molecule has 1 aliphatic carbocycles. The van der Waals surface area contributed by atoms with Crippen molar-refractivity contribution in [3.8, 4) is 20.4 Å². The molecule has 1 saturated heterocycles. The van der Waals surface area contributed by atoms with Crippen molar-refractivity contribution < 1.29 is 12.4 Å². The topological polar surface area (TPSA) is 9.49 Å². The molecule has 1 aromatic heterocycles. The predicted molar refractivity (Wildman–Crippen MR) is 166 cm³/mol. The number of thiophene rings is 1. The Kier molecular flexibility index (Phi) is 7.85. The van der Waals surface area contributed by atoms with Crippen molar-refractivity contribution in [2.24, 2.45) is 0 Å². The molecule has 1 aromatic carbocycles. The zero-order valence-corrected chi connectivity index (χ0v) is 27.0. The Hall–Kier alpha value is -1.69. The molecule has 4 aliphatic rings. The van der Waals surface area contributed by atoms with Crippen LogP contribution < -0.4 is 27.2 Å². The average molecular weight is 629 g/mol. The van der Waals surface area contributed by atoms with Gasteiger partial charge in [0.25, 0.3) is 0 Å². The van der Waals surface area contributed by atoms with Crippen molar-refractivity contribution in [2.75, 3.05) is 45.7 Å². The molecular weight excluding hydrogens is 593 g/mol. The minimum Gasteiger partial charge on any atom is -1.00 e. The van der Waals surface area contributed by atoms with Crippen LogP contribution in [0.1, 0.15) is 50.0 Å². The van der Waals surface area contributed by atoms with Gasteiger partial charge in [-0.05, 0) is 0 Å². The minimum absolute atomic E-state index is 0. The number of anilines is 1. The summed E-state index contributed by atoms with van der Waals surface area (Å²) in [6.45, 7) is 8.14. The van der Waals surface area contributed by atoms with E-state index in [2.05, 4.69) is 91.8 Å². The van der Waals surface area contributed by atoms with Gasteiger partial charge >= 0.3 is 237 Å². The molecule has 0 atom stereocenters. The van der Waals surface area contributed by atoms with Crippen LogP contribution in [0.5, 0.6) is 0 Å². The third kappa shape index (κ3) is 4.88. The van der Waals surface area contributed by atoms with Crippen molar-refractivity contribution >= 4 is 58.4 Å². The van der Waals surface area contributed by atoms with Crippen LogP contribution in [0.2, 0.25) is 0 Å². The molecule has 0 bridgehead atoms. The van der Waals surface area contributed by atoms with Crippen LogP contribution >= 0.6 is 23.6 Å². The maximum Gasteiger partial charge on any atom is -1.00 e. The summed E-state index contributed by atoms with van der Waals surface area (Å²) >= 11 is 8.15. The van der Waals surface area contributed by atoms with Gasteiger partial charge in [0.15, 0.2) is 0 Å². The summed E-state index contributed by atoms with van der Waals surface area (Å²) in [6.07, 6.45) is 5.02. The zero-order chi connectivity index (χ0) is 25.9. The van der Waals surface area contributed by atoms with E-state index in [1.54, 1.807) is 0 Å². The van der Waals surface area contributed by atoms with E-state index in [1.807, 2.05) is 11.3 Å². The van der Waals surface area contributed by atoms with E-state index in [-0.39, 0.29) is 32.3 Å². The van der Waals surface area contributed by atoms with Gasteiger partial charge < -0.3 is 12.4 Å². The van der Waals surface area contributed by atoms with Crippen LogP contribution in [0.25, 0.3) is 30.1 Å². The Balaban J connectivity index is 0.00000294. The molecule has 0 saturated carbocycles. The van der Waals surface area contributed by atoms with E-state index in [4.69, 9.17) is 12.2 Å². The SMILES string of the molecule is CN1CCC(C)(C)c2cc3c(-c4ccc(C(=S)N5CCCCC5)s4)c4ccc(=[N+](C)C)cc-4[se]c3cc21.[Cl-]. The van der Waals surface area contributed by atoms with Crippen molar-refractivity contribution in [3.63, 3.8) is 0 Å². The molecule has 3 aliphatic heterocycles. The Morgan fingerprint density at radius 3 is 2.50 bits per heavy atom. The fraction of sp³-hybridized carbons (Fsp3) is 0.419. The third-order valence-electron chi connectivity index (χ3n) is 8.26. The molecular formula is C31H36ClN3S2Se. The molecule has 6 rings (SSSR count). The number of fused-ring (bicyclic) bond motifs is 3. The van der Waals surface area contributed by atoms with Crippen LogP contribution in [-0.2, 0) is 5.41 Å². The smallest absolute Gasteiger partial charge is 1.00 e. The van der Waals surface area contributed by atoms with Crippen molar-refractivity contribution in [3.05, 3.63) is 58.3 Å². The average Bonchev–Trinajstić information content (AvgIpc) is 3.38. The first-order valence-electron chi connectivity index (χ1n) is 13.4. The van der Waals surface area contributed by atoms with Gasteiger partial charge in [-0.25, -0.2) is 0 Å². The number of benzene rings is 2. The van der Waals surface area contributed by atoms with Gasteiger partial charge in [-0.15, -0.1) is 0 Å². The maximum absolute atomic E-state index is 6.00. The number of hydrogen-bond donors (Lipinski definition) is 0. The van der Waals surface area contributed by atoms with Crippen LogP contribution in [0, 0.1) is 0 Å². The molecule has 0 radical (unpaired) electrons. The second-order valence-corrected chi connectivity index (χ2v) is 15.2. The maximum atomic E-state index is 6.00. The van der Waals surface area contributed by atoms with Gasteiger partial charge in [-0.2, -0.15) is 0 Å². The summed E-state index contributed by atoms with van der Waals surface area (Å²) in [7, 11) is 6.53. The van der Waals surface area contributed by atoms with E-state index in [9.17, 15) is 0 Å². The van der Waals surface area contributed by atoms with Crippen LogP contribution in [-0.4, -0.2) is 65.2 Å². The summed E-state index contributed by atoms with van der Waals surface area (Å²) in [5.41, 5.74) is 5.88. The molecule has 0 amide bonds. The molecule has 0 unspecified atom stereocenters. The van der Waals surface area contributed by atoms with E-state index in [0.717, 1.165) is 24.6 Å². The summed E-state index contributed by atoms with van der Waals surface area (Å²) in [4.78, 5) is 8.49. The van der Waals surface area contributed by atoms with Gasteiger partial charge in [-0.1, -0.05) is 0 Å². The monoisotopic (exact) mass is 629 g/mol. The number of nitrogens with zero attached hydrogens (tertiary/aromatic N) is 3. The standard InChI is InChI=1S/C31H36N3S2Se.ClH/c1-31(2)13-16-33(5)24-19-28-22(18-23(24)31)29(21-10-9-20(32(3)4)17-27(21)37-28)25-11-12-26(36-25)30(35)34-14-7-6-8-15-34;/h9-12,17-19H,6-8,13-16H2,1-5H3;1H/q+1;/p-1. The fourth-order valence-corrected chi connectivity index (χ4v) is 9.67. The Morgan fingerprint density at radius 1 is 1.00 bits per heavy atom. The molecule has 200 valence electrons. The summed E-state index contributed by atoms with van der Waals surface area (Å²) in [6, 6.07) is 16.7. The van der Waals surface area contributed by atoms with Crippen LogP contribution in [0.15, 0.2) is 42.5 Å². The van der Waals surface area contributed by atoms with Gasteiger partial charge in [0.1, 0.15) is 0 Å². The number of likely N-dealkylation sites (tertiary alicyclic amines) is 1. The third-order valence-corrected chi connectivity index (χ3v) is 12.3. The van der Waals surface area contributed by atoms with Crippen molar-refractivity contribution in [1.29, 1.82) is 0 Å². The van der Waals surface area contributed by atoms with E-state index >= 15 is 0 Å². The minimum atomic E-state index is 0. The first kappa shape index (κ1) is 27.9. The van der Waals surface area contributed by atoms with Gasteiger partial charge in [0.2, 0.25) is 0 Å². The Bertz CT molecular complexity index is 1560. The zero-order valence-electron chi connectivity index (χ0n) is 22.9. The predicted octanol–water partition coefficient (Wildman–Crippen LogP) is 3.04. The summed E-state index contributed by atoms with van der Waals surface area (Å²) in [5, 5.41) is 2.71. The molecule has 4 heterocycles. The van der Waals surface area contributed by atoms with Crippen LogP contribution in [0.4, 0.5) is 5.69 Å². The number of halogens is 1. The second-order valence-electron chi connectivity index (χ2n) is 11.5. The van der Waals surface area contributed by atoms with Gasteiger partial charge in [0, 0.05) is 0 Å². The second kappa shape index (κ2) is 10.7. The van der Waals surface area contributed by atoms with Gasteiger partial charge in [0.05, 0.1) is 0 Å². The van der Waals surface area contributed by atoms with Crippen molar-refractivity contribution in [2.45, 2.75) is 44.9 Å². The molecule has 3 nitrogen and oxygen atoms in total. The van der Waals surface area contributed by atoms with E-state index < -0.39 is 0 Å². The first-order valence-corrected chi connectivity index (χ1v) is 16.3. The van der Waals surface area contributed by atoms with Gasteiger partial charge in [-0.3, -0.25) is 0 Å². The van der Waals surface area contributed by atoms with Crippen molar-refractivity contribution in [1.82, 2.24) is 9.48 Å². The normalized spacial score (nSPS) is 16.9. The Morgan fingerprint density at radius 2 is 1.76 bits per heavy atom. The quantitative estimate of drug-likeness (QED) is 0.146. The largest absolute Gasteiger partial charge is 1.00 e. The summed E-state index contributed by atoms with van der Waals surface area (Å²) in [5.74, 6) is 0. The molecule has 38 heavy (non-hydrogen) atoms. The first-order chi connectivity index (χ1) is 17.7. The molecule has 7 heteroatoms. The van der Waals surface area contributed by atoms with Crippen LogP contribution in [0.3, 0.4) is 0 Å². The number of piperidine rings is 1. The molecule has 0 N–H and O–H groups in total. The summed E-state index contributed by atoms with van der Waals surface area (Å²) < 4.78 is 5.20. The molecule has 1 fully saturated rings. The molecule has 2 aromatic rings. The Labute approximate surface area is 248 Å². The molecule has 0 spiro atoms.